The molecule has 0 aromatic carbocycles. The summed E-state index contributed by atoms with van der Waals surface area (Å²) < 4.78 is 7.14. The third-order valence-electron chi connectivity index (χ3n) is 2.91. The lowest BCUT2D eigenvalue weighted by molar-refractivity contribution is 0.166. The monoisotopic (exact) mass is 225 g/mol. The summed E-state index contributed by atoms with van der Waals surface area (Å²) in [5.74, 6) is 0. The van der Waals surface area contributed by atoms with Gasteiger partial charge >= 0.3 is 0 Å². The second-order valence-electron chi connectivity index (χ2n) is 4.08. The first-order valence-electron chi connectivity index (χ1n) is 5.89. The van der Waals surface area contributed by atoms with Crippen molar-refractivity contribution in [3.8, 4) is 0 Å². The van der Waals surface area contributed by atoms with Crippen LogP contribution < -0.4 is 5.32 Å². The largest absolute Gasteiger partial charge is 0.383 e. The standard InChI is InChI=1S/C12H23N3O/c1-5-10-8-12(15(3)14-10)7-6-11(13-2)9-16-4/h8,11,13H,5-7,9H2,1-4H3. The number of nitrogens with zero attached hydrogens (tertiary/aromatic N) is 2. The molecule has 0 aliphatic heterocycles. The number of likely N-dealkylation sites (N-methyl/N-ethyl adjacent to an activating group) is 1. The number of rotatable bonds is 7. The van der Waals surface area contributed by atoms with Gasteiger partial charge in [-0.2, -0.15) is 5.10 Å². The lowest BCUT2D eigenvalue weighted by Gasteiger charge is -2.14. The van der Waals surface area contributed by atoms with E-state index in [1.54, 1.807) is 7.11 Å². The van der Waals surface area contributed by atoms with Gasteiger partial charge in [-0.05, 0) is 32.4 Å². The van der Waals surface area contributed by atoms with Gasteiger partial charge in [0.05, 0.1) is 12.3 Å². The number of aryl methyl sites for hydroxylation is 3. The Balaban J connectivity index is 2.49. The van der Waals surface area contributed by atoms with Crippen LogP contribution in [0.4, 0.5) is 0 Å². The summed E-state index contributed by atoms with van der Waals surface area (Å²) in [6.45, 7) is 2.89. The van der Waals surface area contributed by atoms with Crippen molar-refractivity contribution in [1.82, 2.24) is 15.1 Å². The van der Waals surface area contributed by atoms with Gasteiger partial charge in [0.2, 0.25) is 0 Å². The molecule has 1 unspecified atom stereocenters. The fourth-order valence-corrected chi connectivity index (χ4v) is 1.81. The maximum absolute atomic E-state index is 5.15. The lowest BCUT2D eigenvalue weighted by atomic mass is 10.1. The van der Waals surface area contributed by atoms with Gasteiger partial charge in [-0.25, -0.2) is 0 Å². The molecule has 1 heterocycles. The second-order valence-corrected chi connectivity index (χ2v) is 4.08. The van der Waals surface area contributed by atoms with E-state index in [-0.39, 0.29) is 0 Å². The fourth-order valence-electron chi connectivity index (χ4n) is 1.81. The summed E-state index contributed by atoms with van der Waals surface area (Å²) in [7, 11) is 5.73. The first-order valence-corrected chi connectivity index (χ1v) is 5.89. The molecule has 0 bridgehead atoms. The molecule has 0 saturated carbocycles. The molecule has 92 valence electrons. The van der Waals surface area contributed by atoms with E-state index in [4.69, 9.17) is 4.74 Å². The summed E-state index contributed by atoms with van der Waals surface area (Å²) in [5.41, 5.74) is 2.47. The molecule has 1 atom stereocenters. The molecule has 0 aliphatic rings. The molecule has 1 aromatic rings. The van der Waals surface area contributed by atoms with Gasteiger partial charge in [0, 0.05) is 25.9 Å². The Hall–Kier alpha value is -0.870. The molecule has 0 radical (unpaired) electrons. The predicted molar refractivity (Wildman–Crippen MR) is 65.6 cm³/mol. The third-order valence-corrected chi connectivity index (χ3v) is 2.91. The van der Waals surface area contributed by atoms with Crippen molar-refractivity contribution < 1.29 is 4.74 Å². The molecular formula is C12H23N3O. The minimum absolute atomic E-state index is 0.421. The van der Waals surface area contributed by atoms with Gasteiger partial charge in [0.1, 0.15) is 0 Å². The quantitative estimate of drug-likeness (QED) is 0.756. The Morgan fingerprint density at radius 2 is 2.31 bits per heavy atom. The summed E-state index contributed by atoms with van der Waals surface area (Å²) in [6, 6.07) is 2.62. The normalized spacial score (nSPS) is 13.0. The smallest absolute Gasteiger partial charge is 0.0624 e. The van der Waals surface area contributed by atoms with E-state index in [1.165, 1.54) is 11.4 Å². The van der Waals surface area contributed by atoms with Crippen molar-refractivity contribution in [2.75, 3.05) is 20.8 Å². The van der Waals surface area contributed by atoms with Crippen molar-refractivity contribution in [2.24, 2.45) is 7.05 Å². The van der Waals surface area contributed by atoms with Crippen LogP contribution in [0.15, 0.2) is 6.07 Å². The maximum Gasteiger partial charge on any atom is 0.0624 e. The molecule has 0 saturated heterocycles. The molecule has 1 rings (SSSR count). The van der Waals surface area contributed by atoms with Crippen LogP contribution in [-0.4, -0.2) is 36.6 Å². The van der Waals surface area contributed by atoms with E-state index in [9.17, 15) is 0 Å². The van der Waals surface area contributed by atoms with Crippen molar-refractivity contribution in [3.63, 3.8) is 0 Å². The zero-order chi connectivity index (χ0) is 12.0. The summed E-state index contributed by atoms with van der Waals surface area (Å²) in [5, 5.41) is 7.70. The molecule has 1 aromatic heterocycles. The van der Waals surface area contributed by atoms with E-state index in [2.05, 4.69) is 23.4 Å². The van der Waals surface area contributed by atoms with Crippen molar-refractivity contribution in [3.05, 3.63) is 17.5 Å². The first-order chi connectivity index (χ1) is 7.71. The number of methoxy groups -OCH3 is 1. The van der Waals surface area contributed by atoms with E-state index in [0.29, 0.717) is 6.04 Å². The summed E-state index contributed by atoms with van der Waals surface area (Å²) in [4.78, 5) is 0. The van der Waals surface area contributed by atoms with Crippen LogP contribution in [0.2, 0.25) is 0 Å². The zero-order valence-corrected chi connectivity index (χ0v) is 10.8. The van der Waals surface area contributed by atoms with Crippen molar-refractivity contribution in [1.29, 1.82) is 0 Å². The fraction of sp³-hybridized carbons (Fsp3) is 0.750. The topological polar surface area (TPSA) is 39.1 Å². The molecule has 0 spiro atoms. The van der Waals surface area contributed by atoms with E-state index < -0.39 is 0 Å². The molecule has 1 N–H and O–H groups in total. The molecule has 16 heavy (non-hydrogen) atoms. The average molecular weight is 225 g/mol. The van der Waals surface area contributed by atoms with E-state index >= 15 is 0 Å². The zero-order valence-electron chi connectivity index (χ0n) is 10.8. The molecule has 0 amide bonds. The number of hydrogen-bond acceptors (Lipinski definition) is 3. The van der Waals surface area contributed by atoms with Gasteiger partial charge in [-0.1, -0.05) is 6.92 Å². The number of hydrogen-bond donors (Lipinski definition) is 1. The Morgan fingerprint density at radius 3 is 2.81 bits per heavy atom. The Kier molecular flexibility index (Phi) is 5.49. The Labute approximate surface area is 98.0 Å². The van der Waals surface area contributed by atoms with Crippen molar-refractivity contribution in [2.45, 2.75) is 32.2 Å². The van der Waals surface area contributed by atoms with Crippen LogP contribution in [0.3, 0.4) is 0 Å². The van der Waals surface area contributed by atoms with Gasteiger partial charge in [0.15, 0.2) is 0 Å². The third kappa shape index (κ3) is 3.61. The van der Waals surface area contributed by atoms with Crippen LogP contribution in [0, 0.1) is 0 Å². The Morgan fingerprint density at radius 1 is 1.56 bits per heavy atom. The van der Waals surface area contributed by atoms with Crippen molar-refractivity contribution >= 4 is 0 Å². The maximum atomic E-state index is 5.15. The van der Waals surface area contributed by atoms with Gasteiger partial charge < -0.3 is 10.1 Å². The highest BCUT2D eigenvalue weighted by Gasteiger charge is 2.08. The van der Waals surface area contributed by atoms with Crippen LogP contribution in [0.5, 0.6) is 0 Å². The summed E-state index contributed by atoms with van der Waals surface area (Å²) >= 11 is 0. The van der Waals surface area contributed by atoms with Crippen LogP contribution in [0.25, 0.3) is 0 Å². The molecule has 4 heteroatoms. The van der Waals surface area contributed by atoms with Crippen LogP contribution in [-0.2, 0) is 24.6 Å². The second kappa shape index (κ2) is 6.66. The number of aromatic nitrogens is 2. The SMILES string of the molecule is CCc1cc(CCC(COC)NC)n(C)n1. The minimum Gasteiger partial charge on any atom is -0.383 e. The molecular weight excluding hydrogens is 202 g/mol. The minimum atomic E-state index is 0.421. The van der Waals surface area contributed by atoms with E-state index in [1.807, 2.05) is 18.8 Å². The molecule has 0 fully saturated rings. The van der Waals surface area contributed by atoms with Gasteiger partial charge in [-0.3, -0.25) is 4.68 Å². The van der Waals surface area contributed by atoms with Gasteiger partial charge in [0.25, 0.3) is 0 Å². The number of nitrogens with one attached hydrogen (secondary N) is 1. The average Bonchev–Trinajstić information content (AvgIpc) is 2.65. The van der Waals surface area contributed by atoms with Crippen LogP contribution >= 0.6 is 0 Å². The van der Waals surface area contributed by atoms with E-state index in [0.717, 1.165) is 25.9 Å². The highest BCUT2D eigenvalue weighted by molar-refractivity contribution is 5.10. The highest BCUT2D eigenvalue weighted by Crippen LogP contribution is 2.08. The first kappa shape index (κ1) is 13.2. The lowest BCUT2D eigenvalue weighted by Crippen LogP contribution is -2.30. The summed E-state index contributed by atoms with van der Waals surface area (Å²) in [6.07, 6.45) is 3.12. The number of ether oxygens (including phenoxy) is 1. The van der Waals surface area contributed by atoms with Crippen LogP contribution in [0.1, 0.15) is 24.7 Å². The Bertz CT molecular complexity index is 309. The van der Waals surface area contributed by atoms with Gasteiger partial charge in [-0.15, -0.1) is 0 Å². The molecule has 4 nitrogen and oxygen atoms in total. The predicted octanol–water partition coefficient (Wildman–Crippen LogP) is 1.15. The highest BCUT2D eigenvalue weighted by atomic mass is 16.5. The molecule has 0 aliphatic carbocycles.